The molecule has 0 radical (unpaired) electrons. The predicted octanol–water partition coefficient (Wildman–Crippen LogP) is 3.93. The van der Waals surface area contributed by atoms with Gasteiger partial charge in [-0.2, -0.15) is 0 Å². The maximum absolute atomic E-state index is 12.5. The summed E-state index contributed by atoms with van der Waals surface area (Å²) in [6.45, 7) is 0.0126. The number of benzene rings is 3. The van der Waals surface area contributed by atoms with Crippen molar-refractivity contribution in [1.29, 1.82) is 0 Å². The fourth-order valence-corrected chi connectivity index (χ4v) is 4.36. The first kappa shape index (κ1) is 23.5. The van der Waals surface area contributed by atoms with E-state index in [9.17, 15) is 18.0 Å². The molecule has 0 spiro atoms. The van der Waals surface area contributed by atoms with Crippen LogP contribution in [0.4, 0.5) is 0 Å². The summed E-state index contributed by atoms with van der Waals surface area (Å²) in [6, 6.07) is 21.3. The molecule has 3 aromatic rings. The van der Waals surface area contributed by atoms with Gasteiger partial charge in [-0.05, 0) is 67.1 Å². The van der Waals surface area contributed by atoms with E-state index in [0.29, 0.717) is 28.3 Å². The Hall–Kier alpha value is -3.16. The Morgan fingerprint density at radius 3 is 2.06 bits per heavy atom. The molecule has 0 saturated heterocycles. The fourth-order valence-electron chi connectivity index (χ4n) is 2.91. The number of nitrogens with one attached hydrogen (secondary N) is 1. The number of halogens is 1. The summed E-state index contributed by atoms with van der Waals surface area (Å²) in [4.78, 5) is 24.7. The Balaban J connectivity index is 1.41. The van der Waals surface area contributed by atoms with E-state index in [1.807, 2.05) is 0 Å². The molecule has 6 nitrogen and oxygen atoms in total. The second kappa shape index (κ2) is 10.9. The van der Waals surface area contributed by atoms with Gasteiger partial charge >= 0.3 is 0 Å². The van der Waals surface area contributed by atoms with E-state index in [1.54, 1.807) is 78.9 Å². The molecule has 0 aliphatic heterocycles. The lowest BCUT2D eigenvalue weighted by molar-refractivity contribution is -0.123. The van der Waals surface area contributed by atoms with Gasteiger partial charge in [0.1, 0.15) is 5.75 Å². The molecule has 1 N–H and O–H groups in total. The molecule has 0 atom stereocenters. The monoisotopic (exact) mass is 471 g/mol. The summed E-state index contributed by atoms with van der Waals surface area (Å²) in [6.07, 6.45) is 0.296. The van der Waals surface area contributed by atoms with Crippen LogP contribution in [0.2, 0.25) is 5.02 Å². The summed E-state index contributed by atoms with van der Waals surface area (Å²) in [5.74, 6) is -0.111. The minimum absolute atomic E-state index is 0.0543. The lowest BCUT2D eigenvalue weighted by atomic mass is 10.0. The first-order chi connectivity index (χ1) is 15.3. The van der Waals surface area contributed by atoms with Gasteiger partial charge in [0.05, 0.1) is 10.6 Å². The number of hydrogen-bond acceptors (Lipinski definition) is 5. The molecule has 0 unspecified atom stereocenters. The van der Waals surface area contributed by atoms with Crippen molar-refractivity contribution < 1.29 is 22.7 Å². The van der Waals surface area contributed by atoms with Crippen LogP contribution >= 0.6 is 11.6 Å². The van der Waals surface area contributed by atoms with Crippen molar-refractivity contribution in [1.82, 2.24) is 5.32 Å². The second-order valence-corrected chi connectivity index (χ2v) is 9.53. The molecule has 32 heavy (non-hydrogen) atoms. The second-order valence-electron chi connectivity index (χ2n) is 6.98. The Kier molecular flexibility index (Phi) is 8.03. The van der Waals surface area contributed by atoms with Gasteiger partial charge in [-0.3, -0.25) is 9.59 Å². The number of ether oxygens (including phenoxy) is 1. The zero-order valence-electron chi connectivity index (χ0n) is 17.2. The minimum atomic E-state index is -3.36. The molecule has 0 aromatic heterocycles. The molecular formula is C24H22ClNO5S. The number of amides is 1. The third-order valence-electron chi connectivity index (χ3n) is 4.61. The first-order valence-corrected chi connectivity index (χ1v) is 12.0. The van der Waals surface area contributed by atoms with Crippen LogP contribution in [0.1, 0.15) is 22.3 Å². The molecule has 0 aliphatic rings. The highest BCUT2D eigenvalue weighted by atomic mass is 35.5. The third-order valence-corrected chi connectivity index (χ3v) is 6.68. The molecule has 8 heteroatoms. The van der Waals surface area contributed by atoms with Crippen LogP contribution in [0.15, 0.2) is 83.8 Å². The van der Waals surface area contributed by atoms with Crippen molar-refractivity contribution in [3.63, 3.8) is 0 Å². The van der Waals surface area contributed by atoms with Gasteiger partial charge in [0.25, 0.3) is 5.91 Å². The molecule has 0 fully saturated rings. The Morgan fingerprint density at radius 1 is 0.844 bits per heavy atom. The van der Waals surface area contributed by atoms with Crippen LogP contribution in [0.25, 0.3) is 0 Å². The topological polar surface area (TPSA) is 89.5 Å². The van der Waals surface area contributed by atoms with E-state index in [-0.39, 0.29) is 35.5 Å². The number of hydrogen-bond donors (Lipinski definition) is 1. The van der Waals surface area contributed by atoms with E-state index >= 15 is 0 Å². The summed E-state index contributed by atoms with van der Waals surface area (Å²) in [5.41, 5.74) is 1.01. The van der Waals surface area contributed by atoms with Crippen molar-refractivity contribution >= 4 is 33.1 Å². The van der Waals surface area contributed by atoms with Crippen molar-refractivity contribution in [3.8, 4) is 5.75 Å². The fraction of sp³-hybridized carbons (Fsp3) is 0.167. The van der Waals surface area contributed by atoms with Gasteiger partial charge in [-0.1, -0.05) is 29.8 Å². The Morgan fingerprint density at radius 2 is 1.44 bits per heavy atom. The lowest BCUT2D eigenvalue weighted by Crippen LogP contribution is -2.30. The smallest absolute Gasteiger partial charge is 0.257 e. The average molecular weight is 472 g/mol. The van der Waals surface area contributed by atoms with Gasteiger partial charge < -0.3 is 10.1 Å². The quantitative estimate of drug-likeness (QED) is 0.357. The maximum atomic E-state index is 12.5. The SMILES string of the molecule is O=C(COc1ccc(C(=O)c2ccc(Cl)cc2)cc1)NCCCS(=O)(=O)c1ccccc1. The van der Waals surface area contributed by atoms with Crippen molar-refractivity contribution in [2.45, 2.75) is 11.3 Å². The van der Waals surface area contributed by atoms with E-state index in [0.717, 1.165) is 0 Å². The van der Waals surface area contributed by atoms with Gasteiger partial charge in [-0.25, -0.2) is 8.42 Å². The third kappa shape index (κ3) is 6.67. The molecule has 0 heterocycles. The number of ketones is 1. The zero-order chi connectivity index (χ0) is 23.0. The molecule has 1 amide bonds. The molecule has 3 aromatic carbocycles. The summed E-state index contributed by atoms with van der Waals surface area (Å²) in [5, 5.41) is 3.20. The average Bonchev–Trinajstić information content (AvgIpc) is 2.81. The van der Waals surface area contributed by atoms with Crippen molar-refractivity contribution in [2.24, 2.45) is 0 Å². The highest BCUT2D eigenvalue weighted by Gasteiger charge is 2.13. The van der Waals surface area contributed by atoms with Crippen LogP contribution < -0.4 is 10.1 Å². The van der Waals surface area contributed by atoms with E-state index in [4.69, 9.17) is 16.3 Å². The van der Waals surface area contributed by atoms with Crippen LogP contribution in [-0.4, -0.2) is 39.0 Å². The standard InChI is InChI=1S/C24H22ClNO5S/c25-20-11-7-18(8-12-20)24(28)19-9-13-21(14-10-19)31-17-23(27)26-15-4-16-32(29,30)22-5-2-1-3-6-22/h1-3,5-14H,4,15-17H2,(H,26,27). The normalized spacial score (nSPS) is 11.0. The van der Waals surface area contributed by atoms with Crippen LogP contribution in [-0.2, 0) is 14.6 Å². The van der Waals surface area contributed by atoms with Crippen LogP contribution in [0, 0.1) is 0 Å². The number of carbonyl (C=O) groups is 2. The van der Waals surface area contributed by atoms with Gasteiger partial charge in [0, 0.05) is 22.7 Å². The molecular weight excluding hydrogens is 450 g/mol. The lowest BCUT2D eigenvalue weighted by Gasteiger charge is -2.09. The maximum Gasteiger partial charge on any atom is 0.257 e. The Labute approximate surface area is 192 Å². The molecule has 3 rings (SSSR count). The van der Waals surface area contributed by atoms with E-state index in [1.165, 1.54) is 0 Å². The summed E-state index contributed by atoms with van der Waals surface area (Å²) in [7, 11) is -3.36. The number of rotatable bonds is 10. The van der Waals surface area contributed by atoms with E-state index in [2.05, 4.69) is 5.32 Å². The predicted molar refractivity (Wildman–Crippen MR) is 123 cm³/mol. The zero-order valence-corrected chi connectivity index (χ0v) is 18.7. The van der Waals surface area contributed by atoms with Crippen LogP contribution in [0.5, 0.6) is 5.75 Å². The summed E-state index contributed by atoms with van der Waals surface area (Å²) < 4.78 is 29.8. The largest absolute Gasteiger partial charge is 0.484 e. The highest BCUT2D eigenvalue weighted by Crippen LogP contribution is 2.17. The number of carbonyl (C=O) groups excluding carboxylic acids is 2. The van der Waals surface area contributed by atoms with Gasteiger partial charge in [0.2, 0.25) is 0 Å². The Bertz CT molecular complexity index is 1160. The van der Waals surface area contributed by atoms with Gasteiger partial charge in [-0.15, -0.1) is 0 Å². The van der Waals surface area contributed by atoms with Gasteiger partial charge in [0.15, 0.2) is 22.2 Å². The first-order valence-electron chi connectivity index (χ1n) is 9.93. The molecule has 0 aliphatic carbocycles. The minimum Gasteiger partial charge on any atom is -0.484 e. The van der Waals surface area contributed by atoms with Crippen molar-refractivity contribution in [3.05, 3.63) is 95.0 Å². The highest BCUT2D eigenvalue weighted by molar-refractivity contribution is 7.91. The van der Waals surface area contributed by atoms with Crippen LogP contribution in [0.3, 0.4) is 0 Å². The number of sulfone groups is 1. The summed E-state index contributed by atoms with van der Waals surface area (Å²) >= 11 is 5.84. The molecule has 166 valence electrons. The molecule has 0 saturated carbocycles. The molecule has 0 bridgehead atoms. The van der Waals surface area contributed by atoms with Crippen molar-refractivity contribution in [2.75, 3.05) is 18.9 Å². The van der Waals surface area contributed by atoms with E-state index < -0.39 is 9.84 Å².